The first-order chi connectivity index (χ1) is 14.1. The summed E-state index contributed by atoms with van der Waals surface area (Å²) in [7, 11) is 0. The molecule has 3 amide bonds. The average molecular weight is 406 g/mol. The molecule has 8 heteroatoms. The third kappa shape index (κ3) is 4.55. The van der Waals surface area contributed by atoms with Gasteiger partial charge in [-0.3, -0.25) is 15.1 Å². The van der Waals surface area contributed by atoms with E-state index in [0.29, 0.717) is 18.1 Å². The van der Waals surface area contributed by atoms with Gasteiger partial charge in [-0.1, -0.05) is 41.6 Å². The van der Waals surface area contributed by atoms with E-state index < -0.39 is 12.1 Å². The number of hydrogen-bond acceptors (Lipinski definition) is 6. The summed E-state index contributed by atoms with van der Waals surface area (Å²) in [5.74, 6) is 0.149. The molecule has 2 N–H and O–H groups in total. The van der Waals surface area contributed by atoms with Crippen molar-refractivity contribution in [1.29, 1.82) is 0 Å². The number of pyridine rings is 2. The SMILES string of the molecule is Cc1cccc(COc2ccc(Sc3ccncc3C3NC(=O)NC3=O)cn2)c1. The second-order valence-electron chi connectivity index (χ2n) is 6.52. The van der Waals surface area contributed by atoms with Gasteiger partial charge in [0.1, 0.15) is 12.6 Å². The molecule has 1 unspecified atom stereocenters. The minimum Gasteiger partial charge on any atom is -0.473 e. The van der Waals surface area contributed by atoms with Crippen LogP contribution in [0.5, 0.6) is 5.88 Å². The smallest absolute Gasteiger partial charge is 0.322 e. The summed E-state index contributed by atoms with van der Waals surface area (Å²) < 4.78 is 5.75. The van der Waals surface area contributed by atoms with Crippen LogP contribution in [-0.2, 0) is 11.4 Å². The lowest BCUT2D eigenvalue weighted by Gasteiger charge is -2.12. The van der Waals surface area contributed by atoms with E-state index in [1.54, 1.807) is 24.7 Å². The number of urea groups is 1. The zero-order chi connectivity index (χ0) is 20.2. The fourth-order valence-electron chi connectivity index (χ4n) is 2.94. The number of carbonyl (C=O) groups excluding carboxylic acids is 2. The quantitative estimate of drug-likeness (QED) is 0.610. The Kier molecular flexibility index (Phi) is 5.44. The first kappa shape index (κ1) is 18.9. The molecule has 1 atom stereocenters. The van der Waals surface area contributed by atoms with Gasteiger partial charge < -0.3 is 10.1 Å². The van der Waals surface area contributed by atoms with Gasteiger partial charge in [0.15, 0.2) is 0 Å². The van der Waals surface area contributed by atoms with Crippen molar-refractivity contribution in [2.75, 3.05) is 0 Å². The highest BCUT2D eigenvalue weighted by Crippen LogP contribution is 2.33. The second kappa shape index (κ2) is 8.32. The van der Waals surface area contributed by atoms with Crippen molar-refractivity contribution >= 4 is 23.7 Å². The van der Waals surface area contributed by atoms with Crippen LogP contribution in [0, 0.1) is 6.92 Å². The van der Waals surface area contributed by atoms with Crippen molar-refractivity contribution in [3.05, 3.63) is 77.7 Å². The van der Waals surface area contributed by atoms with Crippen LogP contribution < -0.4 is 15.4 Å². The number of nitrogens with zero attached hydrogens (tertiary/aromatic N) is 2. The number of aryl methyl sites for hydroxylation is 1. The van der Waals surface area contributed by atoms with Crippen LogP contribution in [-0.4, -0.2) is 21.9 Å². The lowest BCUT2D eigenvalue weighted by Crippen LogP contribution is -2.22. The molecule has 0 bridgehead atoms. The molecule has 7 nitrogen and oxygen atoms in total. The monoisotopic (exact) mass is 406 g/mol. The van der Waals surface area contributed by atoms with Gasteiger partial charge in [0.2, 0.25) is 5.88 Å². The number of nitrogens with one attached hydrogen (secondary N) is 2. The van der Waals surface area contributed by atoms with E-state index in [4.69, 9.17) is 4.74 Å². The Morgan fingerprint density at radius 2 is 2.03 bits per heavy atom. The number of carbonyl (C=O) groups is 2. The highest BCUT2D eigenvalue weighted by Gasteiger charge is 2.32. The number of imide groups is 1. The van der Waals surface area contributed by atoms with Gasteiger partial charge in [0.25, 0.3) is 5.91 Å². The third-order valence-electron chi connectivity index (χ3n) is 4.30. The molecule has 29 heavy (non-hydrogen) atoms. The van der Waals surface area contributed by atoms with Crippen molar-refractivity contribution in [1.82, 2.24) is 20.6 Å². The van der Waals surface area contributed by atoms with E-state index >= 15 is 0 Å². The molecule has 1 aliphatic heterocycles. The molecule has 1 saturated heterocycles. The summed E-state index contributed by atoms with van der Waals surface area (Å²) in [6.45, 7) is 2.49. The largest absolute Gasteiger partial charge is 0.473 e. The fraction of sp³-hybridized carbons (Fsp3) is 0.143. The van der Waals surface area contributed by atoms with Crippen LogP contribution in [0.3, 0.4) is 0 Å². The number of ether oxygens (including phenoxy) is 1. The standard InChI is InChI=1S/C21H18N4O3S/c1-13-3-2-4-14(9-13)12-28-18-6-5-15(10-23-18)29-17-7-8-22-11-16(17)19-20(26)25-21(27)24-19/h2-11,19H,12H2,1H3,(H2,24,25,26,27). The molecule has 0 spiro atoms. The van der Waals surface area contributed by atoms with Crippen molar-refractivity contribution in [3.8, 4) is 5.88 Å². The minimum absolute atomic E-state index is 0.386. The topological polar surface area (TPSA) is 93.2 Å². The predicted molar refractivity (Wildman–Crippen MR) is 108 cm³/mol. The molecule has 3 heterocycles. The molecule has 1 aromatic carbocycles. The molecular formula is C21H18N4O3S. The normalized spacial score (nSPS) is 15.7. The lowest BCUT2D eigenvalue weighted by atomic mass is 10.1. The first-order valence-electron chi connectivity index (χ1n) is 8.96. The van der Waals surface area contributed by atoms with E-state index in [1.807, 2.05) is 37.3 Å². The van der Waals surface area contributed by atoms with Crippen LogP contribution >= 0.6 is 11.8 Å². The molecular weight excluding hydrogens is 388 g/mol. The lowest BCUT2D eigenvalue weighted by molar-refractivity contribution is -0.120. The van der Waals surface area contributed by atoms with Crippen molar-refractivity contribution in [2.45, 2.75) is 29.4 Å². The number of amides is 3. The fourth-order valence-corrected chi connectivity index (χ4v) is 3.85. The molecule has 0 saturated carbocycles. The van der Waals surface area contributed by atoms with E-state index in [1.165, 1.54) is 17.3 Å². The zero-order valence-electron chi connectivity index (χ0n) is 15.6. The van der Waals surface area contributed by atoms with E-state index in [-0.39, 0.29) is 5.91 Å². The van der Waals surface area contributed by atoms with Crippen LogP contribution in [0.2, 0.25) is 0 Å². The van der Waals surface area contributed by atoms with Gasteiger partial charge in [0.05, 0.1) is 0 Å². The number of benzene rings is 1. The molecule has 146 valence electrons. The number of aromatic nitrogens is 2. The van der Waals surface area contributed by atoms with Crippen molar-refractivity contribution < 1.29 is 14.3 Å². The van der Waals surface area contributed by atoms with E-state index in [0.717, 1.165) is 15.4 Å². The maximum absolute atomic E-state index is 12.0. The van der Waals surface area contributed by atoms with Crippen LogP contribution in [0.15, 0.2) is 70.8 Å². The van der Waals surface area contributed by atoms with Gasteiger partial charge in [-0.2, -0.15) is 0 Å². The van der Waals surface area contributed by atoms with Crippen molar-refractivity contribution in [2.24, 2.45) is 0 Å². The third-order valence-corrected chi connectivity index (χ3v) is 5.37. The Morgan fingerprint density at radius 1 is 1.14 bits per heavy atom. The highest BCUT2D eigenvalue weighted by atomic mass is 32.2. The van der Waals surface area contributed by atoms with Gasteiger partial charge in [-0.05, 0) is 24.6 Å². The maximum atomic E-state index is 12.0. The summed E-state index contributed by atoms with van der Waals surface area (Å²) in [6, 6.07) is 12.4. The summed E-state index contributed by atoms with van der Waals surface area (Å²) in [5, 5.41) is 4.84. The van der Waals surface area contributed by atoms with Crippen molar-refractivity contribution in [3.63, 3.8) is 0 Å². The number of rotatable bonds is 6. The summed E-state index contributed by atoms with van der Waals surface area (Å²) in [5.41, 5.74) is 2.91. The molecule has 0 aliphatic carbocycles. The molecule has 2 aromatic heterocycles. The Bertz CT molecular complexity index is 1060. The molecule has 1 aliphatic rings. The van der Waals surface area contributed by atoms with Gasteiger partial charge >= 0.3 is 6.03 Å². The summed E-state index contributed by atoms with van der Waals surface area (Å²) in [4.78, 5) is 33.6. The highest BCUT2D eigenvalue weighted by molar-refractivity contribution is 7.99. The average Bonchev–Trinajstić information content (AvgIpc) is 3.06. The molecule has 3 aromatic rings. The van der Waals surface area contributed by atoms with Crippen LogP contribution in [0.25, 0.3) is 0 Å². The van der Waals surface area contributed by atoms with Gasteiger partial charge in [-0.15, -0.1) is 0 Å². The minimum atomic E-state index is -0.747. The molecule has 4 rings (SSSR count). The summed E-state index contributed by atoms with van der Waals surface area (Å²) in [6.07, 6.45) is 4.95. The Hall–Kier alpha value is -3.39. The summed E-state index contributed by atoms with van der Waals surface area (Å²) >= 11 is 1.44. The predicted octanol–water partition coefficient (Wildman–Crippen LogP) is 3.40. The Balaban J connectivity index is 1.44. The van der Waals surface area contributed by atoms with Gasteiger partial charge in [0, 0.05) is 40.0 Å². The molecule has 1 fully saturated rings. The zero-order valence-corrected chi connectivity index (χ0v) is 16.4. The van der Waals surface area contributed by atoms with E-state index in [9.17, 15) is 9.59 Å². The second-order valence-corrected chi connectivity index (χ2v) is 7.64. The number of hydrogen-bond donors (Lipinski definition) is 2. The van der Waals surface area contributed by atoms with Crippen LogP contribution in [0.4, 0.5) is 4.79 Å². The van der Waals surface area contributed by atoms with Crippen LogP contribution in [0.1, 0.15) is 22.7 Å². The Labute approximate surface area is 171 Å². The molecule has 0 radical (unpaired) electrons. The Morgan fingerprint density at radius 3 is 2.76 bits per heavy atom. The van der Waals surface area contributed by atoms with E-state index in [2.05, 4.69) is 26.7 Å². The first-order valence-corrected chi connectivity index (χ1v) is 9.77. The maximum Gasteiger partial charge on any atom is 0.322 e. The van der Waals surface area contributed by atoms with Gasteiger partial charge in [-0.25, -0.2) is 9.78 Å².